The zero-order valence-electron chi connectivity index (χ0n) is 10.7. The first-order chi connectivity index (χ1) is 8.79. The molecule has 0 spiro atoms. The number of rotatable bonds is 5. The first kappa shape index (κ1) is 12.5. The van der Waals surface area contributed by atoms with E-state index in [0.29, 0.717) is 6.61 Å². The molecule has 94 valence electrons. The van der Waals surface area contributed by atoms with Crippen molar-refractivity contribution in [3.8, 4) is 5.75 Å². The van der Waals surface area contributed by atoms with Gasteiger partial charge in [-0.15, -0.1) is 0 Å². The molecule has 0 radical (unpaired) electrons. The molecule has 0 unspecified atom stereocenters. The highest BCUT2D eigenvalue weighted by molar-refractivity contribution is 5.46. The van der Waals surface area contributed by atoms with Gasteiger partial charge in [0.2, 0.25) is 0 Å². The van der Waals surface area contributed by atoms with Crippen molar-refractivity contribution >= 4 is 5.69 Å². The van der Waals surface area contributed by atoms with Crippen molar-refractivity contribution in [1.29, 1.82) is 0 Å². The van der Waals surface area contributed by atoms with Crippen LogP contribution in [0.5, 0.6) is 5.75 Å². The van der Waals surface area contributed by atoms with Crippen molar-refractivity contribution < 1.29 is 4.74 Å². The highest BCUT2D eigenvalue weighted by Crippen LogP contribution is 2.15. The number of nitrogens with two attached hydrogens (primary N) is 1. The van der Waals surface area contributed by atoms with Crippen molar-refractivity contribution in [2.24, 2.45) is 0 Å². The van der Waals surface area contributed by atoms with Crippen LogP contribution >= 0.6 is 0 Å². The van der Waals surface area contributed by atoms with Gasteiger partial charge < -0.3 is 10.5 Å². The maximum absolute atomic E-state index is 5.89. The molecule has 0 bridgehead atoms. The van der Waals surface area contributed by atoms with Gasteiger partial charge in [-0.25, -0.2) is 0 Å². The fourth-order valence-corrected chi connectivity index (χ4v) is 1.90. The fourth-order valence-electron chi connectivity index (χ4n) is 1.90. The van der Waals surface area contributed by atoms with Crippen LogP contribution in [-0.4, -0.2) is 6.61 Å². The zero-order valence-corrected chi connectivity index (χ0v) is 10.7. The average Bonchev–Trinajstić information content (AvgIpc) is 2.41. The van der Waals surface area contributed by atoms with E-state index in [0.717, 1.165) is 29.8 Å². The second-order valence-electron chi connectivity index (χ2n) is 4.30. The molecular weight excluding hydrogens is 222 g/mol. The molecule has 0 saturated heterocycles. The smallest absolute Gasteiger partial charge is 0.119 e. The van der Waals surface area contributed by atoms with E-state index >= 15 is 0 Å². The van der Waals surface area contributed by atoms with Gasteiger partial charge in [0.25, 0.3) is 0 Å². The van der Waals surface area contributed by atoms with Gasteiger partial charge in [-0.3, -0.25) is 0 Å². The van der Waals surface area contributed by atoms with Crippen LogP contribution in [0.15, 0.2) is 48.5 Å². The lowest BCUT2D eigenvalue weighted by Gasteiger charge is -2.08. The second-order valence-corrected chi connectivity index (χ2v) is 4.30. The van der Waals surface area contributed by atoms with E-state index in [2.05, 4.69) is 19.1 Å². The van der Waals surface area contributed by atoms with Crippen LogP contribution in [0, 0.1) is 0 Å². The van der Waals surface area contributed by atoms with Gasteiger partial charge in [0.05, 0.1) is 6.61 Å². The number of anilines is 1. The minimum atomic E-state index is 0.654. The second kappa shape index (κ2) is 6.10. The normalized spacial score (nSPS) is 10.3. The number of nitrogen functional groups attached to an aromatic ring is 1. The standard InChI is InChI=1S/C16H19NO/c1-2-13-6-5-8-15(12-13)18-11-10-14-7-3-4-9-16(14)17/h3-9,12H,2,10-11,17H2,1H3. The molecule has 0 saturated carbocycles. The summed E-state index contributed by atoms with van der Waals surface area (Å²) in [6.07, 6.45) is 1.87. The van der Waals surface area contributed by atoms with Crippen LogP contribution in [0.3, 0.4) is 0 Å². The molecule has 2 aromatic rings. The highest BCUT2D eigenvalue weighted by Gasteiger charge is 1.99. The van der Waals surface area contributed by atoms with Gasteiger partial charge in [-0.05, 0) is 35.7 Å². The summed E-state index contributed by atoms with van der Waals surface area (Å²) in [5, 5.41) is 0. The monoisotopic (exact) mass is 241 g/mol. The maximum Gasteiger partial charge on any atom is 0.119 e. The van der Waals surface area contributed by atoms with Crippen molar-refractivity contribution in [3.63, 3.8) is 0 Å². The average molecular weight is 241 g/mol. The Labute approximate surface area is 108 Å². The van der Waals surface area contributed by atoms with Crippen molar-refractivity contribution in [1.82, 2.24) is 0 Å². The first-order valence-electron chi connectivity index (χ1n) is 6.34. The van der Waals surface area contributed by atoms with E-state index < -0.39 is 0 Å². The molecule has 2 rings (SSSR count). The lowest BCUT2D eigenvalue weighted by Crippen LogP contribution is -2.03. The van der Waals surface area contributed by atoms with E-state index in [9.17, 15) is 0 Å². The van der Waals surface area contributed by atoms with Gasteiger partial charge >= 0.3 is 0 Å². The van der Waals surface area contributed by atoms with Crippen molar-refractivity contribution in [3.05, 3.63) is 59.7 Å². The van der Waals surface area contributed by atoms with Crippen molar-refractivity contribution in [2.75, 3.05) is 12.3 Å². The molecular formula is C16H19NO. The summed E-state index contributed by atoms with van der Waals surface area (Å²) in [4.78, 5) is 0. The lowest BCUT2D eigenvalue weighted by atomic mass is 10.1. The Balaban J connectivity index is 1.90. The summed E-state index contributed by atoms with van der Waals surface area (Å²) in [5.74, 6) is 0.934. The molecule has 0 heterocycles. The van der Waals surface area contributed by atoms with E-state index in [1.165, 1.54) is 5.56 Å². The van der Waals surface area contributed by atoms with Crippen LogP contribution in [0.2, 0.25) is 0 Å². The summed E-state index contributed by atoms with van der Waals surface area (Å²) in [7, 11) is 0. The minimum Gasteiger partial charge on any atom is -0.493 e. The summed E-state index contributed by atoms with van der Waals surface area (Å²) >= 11 is 0. The molecule has 18 heavy (non-hydrogen) atoms. The van der Waals surface area contributed by atoms with Gasteiger partial charge in [0.15, 0.2) is 0 Å². The maximum atomic E-state index is 5.89. The number of hydrogen-bond donors (Lipinski definition) is 1. The number of hydrogen-bond acceptors (Lipinski definition) is 2. The van der Waals surface area contributed by atoms with Gasteiger partial charge in [-0.1, -0.05) is 37.3 Å². The molecule has 0 fully saturated rings. The van der Waals surface area contributed by atoms with Crippen LogP contribution in [0.4, 0.5) is 5.69 Å². The number of aryl methyl sites for hydroxylation is 1. The molecule has 2 N–H and O–H groups in total. The Hall–Kier alpha value is -1.96. The first-order valence-corrected chi connectivity index (χ1v) is 6.34. The minimum absolute atomic E-state index is 0.654. The predicted molar refractivity (Wildman–Crippen MR) is 75.9 cm³/mol. The topological polar surface area (TPSA) is 35.2 Å². The summed E-state index contributed by atoms with van der Waals surface area (Å²) < 4.78 is 5.75. The summed E-state index contributed by atoms with van der Waals surface area (Å²) in [6, 6.07) is 16.1. The third kappa shape index (κ3) is 3.27. The Morgan fingerprint density at radius 3 is 2.67 bits per heavy atom. The van der Waals surface area contributed by atoms with Crippen LogP contribution in [-0.2, 0) is 12.8 Å². The number of benzene rings is 2. The SMILES string of the molecule is CCc1cccc(OCCc2ccccc2N)c1. The lowest BCUT2D eigenvalue weighted by molar-refractivity contribution is 0.322. The van der Waals surface area contributed by atoms with Crippen LogP contribution in [0.25, 0.3) is 0 Å². The summed E-state index contributed by atoms with van der Waals surface area (Å²) in [5.41, 5.74) is 9.17. The molecule has 0 aliphatic carbocycles. The predicted octanol–water partition coefficient (Wildman–Crippen LogP) is 3.45. The van der Waals surface area contributed by atoms with Crippen molar-refractivity contribution in [2.45, 2.75) is 19.8 Å². The van der Waals surface area contributed by atoms with Gasteiger partial charge in [0.1, 0.15) is 5.75 Å². The highest BCUT2D eigenvalue weighted by atomic mass is 16.5. The largest absolute Gasteiger partial charge is 0.493 e. The van der Waals surface area contributed by atoms with E-state index in [1.54, 1.807) is 0 Å². The molecule has 0 amide bonds. The third-order valence-electron chi connectivity index (χ3n) is 3.00. The van der Waals surface area contributed by atoms with E-state index in [1.807, 2.05) is 36.4 Å². The molecule has 2 aromatic carbocycles. The van der Waals surface area contributed by atoms with Gasteiger partial charge in [0, 0.05) is 12.1 Å². The molecule has 0 aliphatic rings. The molecule has 2 heteroatoms. The third-order valence-corrected chi connectivity index (χ3v) is 3.00. The van der Waals surface area contributed by atoms with Crippen LogP contribution in [0.1, 0.15) is 18.1 Å². The summed E-state index contributed by atoms with van der Waals surface area (Å²) in [6.45, 7) is 2.80. The number of para-hydroxylation sites is 1. The van der Waals surface area contributed by atoms with E-state index in [4.69, 9.17) is 10.5 Å². The molecule has 0 atom stereocenters. The number of ether oxygens (including phenoxy) is 1. The quantitative estimate of drug-likeness (QED) is 0.814. The Morgan fingerprint density at radius 1 is 1.06 bits per heavy atom. The van der Waals surface area contributed by atoms with Gasteiger partial charge in [-0.2, -0.15) is 0 Å². The molecule has 2 nitrogen and oxygen atoms in total. The Bertz CT molecular complexity index is 508. The Morgan fingerprint density at radius 2 is 1.89 bits per heavy atom. The molecule has 0 aromatic heterocycles. The Kier molecular flexibility index (Phi) is 4.24. The van der Waals surface area contributed by atoms with E-state index in [-0.39, 0.29) is 0 Å². The van der Waals surface area contributed by atoms with Crippen LogP contribution < -0.4 is 10.5 Å². The fraction of sp³-hybridized carbons (Fsp3) is 0.250. The molecule has 0 aliphatic heterocycles. The zero-order chi connectivity index (χ0) is 12.8.